The molecule has 15 heavy (non-hydrogen) atoms. The maximum atomic E-state index is 4.13. The Hall–Kier alpha value is -0.410. The average molecular weight is 226 g/mol. The summed E-state index contributed by atoms with van der Waals surface area (Å²) in [6.07, 6.45) is 5.57. The van der Waals surface area contributed by atoms with Gasteiger partial charge in [-0.15, -0.1) is 11.3 Å². The fourth-order valence-corrected chi connectivity index (χ4v) is 2.42. The standard InChI is InChI=1S/C12H22N2S/c1-4-5-14-11(6-10(2)3)7-12-8-13-9-15-12/h8-11,14H,4-7H2,1-3H3. The van der Waals surface area contributed by atoms with Gasteiger partial charge in [0.2, 0.25) is 0 Å². The third-order valence-corrected chi connectivity index (χ3v) is 3.17. The van der Waals surface area contributed by atoms with E-state index in [0.717, 1.165) is 18.9 Å². The zero-order valence-corrected chi connectivity index (χ0v) is 10.8. The Morgan fingerprint density at radius 3 is 2.80 bits per heavy atom. The van der Waals surface area contributed by atoms with E-state index in [1.807, 2.05) is 11.7 Å². The van der Waals surface area contributed by atoms with E-state index in [1.54, 1.807) is 11.3 Å². The minimum absolute atomic E-state index is 0.616. The van der Waals surface area contributed by atoms with Crippen LogP contribution in [0, 0.1) is 5.92 Å². The van der Waals surface area contributed by atoms with Crippen LogP contribution >= 0.6 is 11.3 Å². The molecule has 3 heteroatoms. The maximum Gasteiger partial charge on any atom is 0.0794 e. The van der Waals surface area contributed by atoms with E-state index >= 15 is 0 Å². The molecule has 1 atom stereocenters. The molecule has 0 aliphatic carbocycles. The Kier molecular flexibility index (Phi) is 5.88. The summed E-state index contributed by atoms with van der Waals surface area (Å²) in [7, 11) is 0. The fraction of sp³-hybridized carbons (Fsp3) is 0.750. The minimum Gasteiger partial charge on any atom is -0.314 e. The molecule has 0 aromatic carbocycles. The first-order chi connectivity index (χ1) is 7.22. The fourth-order valence-electron chi connectivity index (χ4n) is 1.74. The second-order valence-corrected chi connectivity index (χ2v) is 5.42. The molecule has 1 heterocycles. The van der Waals surface area contributed by atoms with Crippen molar-refractivity contribution >= 4 is 11.3 Å². The predicted molar refractivity (Wildman–Crippen MR) is 67.4 cm³/mol. The monoisotopic (exact) mass is 226 g/mol. The molecular weight excluding hydrogens is 204 g/mol. The van der Waals surface area contributed by atoms with Crippen LogP contribution in [0.5, 0.6) is 0 Å². The van der Waals surface area contributed by atoms with E-state index in [9.17, 15) is 0 Å². The van der Waals surface area contributed by atoms with Crippen molar-refractivity contribution in [2.75, 3.05) is 6.54 Å². The molecule has 1 N–H and O–H groups in total. The Morgan fingerprint density at radius 1 is 1.47 bits per heavy atom. The Balaban J connectivity index is 2.41. The van der Waals surface area contributed by atoms with Crippen molar-refractivity contribution < 1.29 is 0 Å². The first kappa shape index (κ1) is 12.7. The van der Waals surface area contributed by atoms with Gasteiger partial charge in [-0.25, -0.2) is 0 Å². The summed E-state index contributed by atoms with van der Waals surface area (Å²) in [5, 5.41) is 3.62. The summed E-state index contributed by atoms with van der Waals surface area (Å²) in [4.78, 5) is 5.52. The van der Waals surface area contributed by atoms with Crippen LogP contribution < -0.4 is 5.32 Å². The normalized spacial score (nSPS) is 13.3. The van der Waals surface area contributed by atoms with Crippen molar-refractivity contribution in [1.82, 2.24) is 10.3 Å². The Labute approximate surface area is 97.1 Å². The van der Waals surface area contributed by atoms with E-state index < -0.39 is 0 Å². The number of thiazole rings is 1. The van der Waals surface area contributed by atoms with Gasteiger partial charge in [-0.2, -0.15) is 0 Å². The molecule has 0 bridgehead atoms. The topological polar surface area (TPSA) is 24.9 Å². The van der Waals surface area contributed by atoms with Gasteiger partial charge in [-0.05, 0) is 31.7 Å². The van der Waals surface area contributed by atoms with Crippen LogP contribution in [0.4, 0.5) is 0 Å². The summed E-state index contributed by atoms with van der Waals surface area (Å²) in [5.74, 6) is 0.757. The van der Waals surface area contributed by atoms with Crippen LogP contribution in [-0.2, 0) is 6.42 Å². The molecule has 2 nitrogen and oxygen atoms in total. The SMILES string of the molecule is CCCNC(Cc1cncs1)CC(C)C. The maximum absolute atomic E-state index is 4.13. The summed E-state index contributed by atoms with van der Waals surface area (Å²) in [6, 6.07) is 0.616. The van der Waals surface area contributed by atoms with Crippen LogP contribution in [0.3, 0.4) is 0 Å². The van der Waals surface area contributed by atoms with Crippen LogP contribution in [0.15, 0.2) is 11.7 Å². The molecule has 0 aliphatic rings. The van der Waals surface area contributed by atoms with Crippen molar-refractivity contribution in [2.45, 2.75) is 46.1 Å². The molecule has 0 aliphatic heterocycles. The molecule has 86 valence electrons. The lowest BCUT2D eigenvalue weighted by molar-refractivity contribution is 0.418. The number of nitrogens with one attached hydrogen (secondary N) is 1. The molecule has 0 amide bonds. The van der Waals surface area contributed by atoms with Gasteiger partial charge in [-0.3, -0.25) is 4.98 Å². The molecule has 1 rings (SSSR count). The quantitative estimate of drug-likeness (QED) is 0.773. The summed E-state index contributed by atoms with van der Waals surface area (Å²) in [5.41, 5.74) is 1.92. The van der Waals surface area contributed by atoms with E-state index in [-0.39, 0.29) is 0 Å². The molecule has 1 aromatic heterocycles. The van der Waals surface area contributed by atoms with Crippen molar-refractivity contribution in [3.63, 3.8) is 0 Å². The highest BCUT2D eigenvalue weighted by atomic mass is 32.1. The van der Waals surface area contributed by atoms with E-state index in [4.69, 9.17) is 0 Å². The highest BCUT2D eigenvalue weighted by Gasteiger charge is 2.11. The van der Waals surface area contributed by atoms with Crippen LogP contribution in [-0.4, -0.2) is 17.6 Å². The lowest BCUT2D eigenvalue weighted by atomic mass is 10.0. The molecule has 1 aromatic rings. The van der Waals surface area contributed by atoms with Crippen molar-refractivity contribution in [1.29, 1.82) is 0 Å². The third-order valence-electron chi connectivity index (χ3n) is 2.37. The van der Waals surface area contributed by atoms with Gasteiger partial charge in [0.1, 0.15) is 0 Å². The predicted octanol–water partition coefficient (Wildman–Crippen LogP) is 3.10. The third kappa shape index (κ3) is 5.28. The Bertz CT molecular complexity index is 244. The molecule has 0 spiro atoms. The first-order valence-electron chi connectivity index (χ1n) is 5.83. The number of rotatable bonds is 7. The van der Waals surface area contributed by atoms with Crippen molar-refractivity contribution in [2.24, 2.45) is 5.92 Å². The molecule has 1 unspecified atom stereocenters. The zero-order valence-electron chi connectivity index (χ0n) is 9.99. The summed E-state index contributed by atoms with van der Waals surface area (Å²) < 4.78 is 0. The van der Waals surface area contributed by atoms with Crippen molar-refractivity contribution in [3.8, 4) is 0 Å². The van der Waals surface area contributed by atoms with Crippen LogP contribution in [0.25, 0.3) is 0 Å². The van der Waals surface area contributed by atoms with Gasteiger partial charge >= 0.3 is 0 Å². The highest BCUT2D eigenvalue weighted by molar-refractivity contribution is 7.09. The van der Waals surface area contributed by atoms with Gasteiger partial charge in [-0.1, -0.05) is 20.8 Å². The number of aromatic nitrogens is 1. The van der Waals surface area contributed by atoms with E-state index in [1.165, 1.54) is 17.7 Å². The summed E-state index contributed by atoms with van der Waals surface area (Å²) in [6.45, 7) is 7.91. The zero-order chi connectivity index (χ0) is 11.1. The highest BCUT2D eigenvalue weighted by Crippen LogP contribution is 2.13. The van der Waals surface area contributed by atoms with Gasteiger partial charge in [0, 0.05) is 17.1 Å². The summed E-state index contributed by atoms with van der Waals surface area (Å²) >= 11 is 1.76. The van der Waals surface area contributed by atoms with Crippen molar-refractivity contribution in [3.05, 3.63) is 16.6 Å². The molecule has 0 fully saturated rings. The lowest BCUT2D eigenvalue weighted by Gasteiger charge is -2.19. The molecule has 0 saturated carbocycles. The second kappa shape index (κ2) is 6.96. The van der Waals surface area contributed by atoms with Gasteiger partial charge in [0.25, 0.3) is 0 Å². The van der Waals surface area contributed by atoms with Gasteiger partial charge in [0.15, 0.2) is 0 Å². The van der Waals surface area contributed by atoms with Crippen LogP contribution in [0.2, 0.25) is 0 Å². The number of hydrogen-bond donors (Lipinski definition) is 1. The van der Waals surface area contributed by atoms with Crippen LogP contribution in [0.1, 0.15) is 38.5 Å². The molecular formula is C12H22N2S. The van der Waals surface area contributed by atoms with E-state index in [2.05, 4.69) is 31.1 Å². The van der Waals surface area contributed by atoms with Gasteiger partial charge in [0.05, 0.1) is 5.51 Å². The number of hydrogen-bond acceptors (Lipinski definition) is 3. The first-order valence-corrected chi connectivity index (χ1v) is 6.71. The Morgan fingerprint density at radius 2 is 2.27 bits per heavy atom. The van der Waals surface area contributed by atoms with Gasteiger partial charge < -0.3 is 5.32 Å². The molecule has 0 radical (unpaired) electrons. The lowest BCUT2D eigenvalue weighted by Crippen LogP contribution is -2.32. The number of nitrogens with zero attached hydrogens (tertiary/aromatic N) is 1. The largest absolute Gasteiger partial charge is 0.314 e. The second-order valence-electron chi connectivity index (χ2n) is 4.45. The average Bonchev–Trinajstić information content (AvgIpc) is 2.66. The minimum atomic E-state index is 0.616. The smallest absolute Gasteiger partial charge is 0.0794 e. The molecule has 0 saturated heterocycles. The van der Waals surface area contributed by atoms with E-state index in [0.29, 0.717) is 6.04 Å².